The van der Waals surface area contributed by atoms with E-state index in [2.05, 4.69) is 28.3 Å². The highest BCUT2D eigenvalue weighted by Gasteiger charge is 2.29. The van der Waals surface area contributed by atoms with Gasteiger partial charge in [-0.3, -0.25) is 4.79 Å². The fourth-order valence-corrected chi connectivity index (χ4v) is 4.15. The average molecular weight is 407 g/mol. The average Bonchev–Trinajstić information content (AvgIpc) is 3.51. The Balaban J connectivity index is 1.76. The van der Waals surface area contributed by atoms with E-state index in [1.807, 2.05) is 49.1 Å². The highest BCUT2D eigenvalue weighted by atomic mass is 32.2. The SMILES string of the molecule is CCSCc1[nH]c2ncc(C)cc2c1/C(=C\N)c1cccc(NC(=O)C2CC2)c1. The van der Waals surface area contributed by atoms with Crippen LogP contribution in [0.2, 0.25) is 0 Å². The number of carbonyl (C=O) groups excluding carboxylic acids is 1. The maximum Gasteiger partial charge on any atom is 0.227 e. The van der Waals surface area contributed by atoms with E-state index in [1.54, 1.807) is 6.20 Å². The molecular weight excluding hydrogens is 380 g/mol. The van der Waals surface area contributed by atoms with Crippen molar-refractivity contribution < 1.29 is 4.79 Å². The molecule has 0 saturated heterocycles. The summed E-state index contributed by atoms with van der Waals surface area (Å²) >= 11 is 1.86. The van der Waals surface area contributed by atoms with Crippen LogP contribution in [0.1, 0.15) is 42.1 Å². The van der Waals surface area contributed by atoms with E-state index in [0.29, 0.717) is 0 Å². The first-order valence-corrected chi connectivity index (χ1v) is 11.1. The van der Waals surface area contributed by atoms with Gasteiger partial charge in [-0.05, 0) is 54.8 Å². The molecule has 1 aliphatic rings. The molecule has 2 aromatic heterocycles. The summed E-state index contributed by atoms with van der Waals surface area (Å²) in [4.78, 5) is 20.2. The van der Waals surface area contributed by atoms with Gasteiger partial charge in [0, 0.05) is 52.0 Å². The van der Waals surface area contributed by atoms with Gasteiger partial charge in [-0.15, -0.1) is 0 Å². The van der Waals surface area contributed by atoms with Crippen LogP contribution in [0.4, 0.5) is 5.69 Å². The minimum atomic E-state index is 0.104. The van der Waals surface area contributed by atoms with Gasteiger partial charge < -0.3 is 16.0 Å². The van der Waals surface area contributed by atoms with Crippen molar-refractivity contribution in [3.63, 3.8) is 0 Å². The second-order valence-corrected chi connectivity index (χ2v) is 8.72. The summed E-state index contributed by atoms with van der Waals surface area (Å²) in [6.45, 7) is 4.20. The van der Waals surface area contributed by atoms with Crippen LogP contribution in [0.25, 0.3) is 16.6 Å². The molecule has 150 valence electrons. The number of rotatable bonds is 7. The molecule has 3 aromatic rings. The van der Waals surface area contributed by atoms with E-state index in [9.17, 15) is 4.79 Å². The molecule has 4 N–H and O–H groups in total. The Hall–Kier alpha value is -2.73. The molecule has 6 heteroatoms. The zero-order valence-electron chi connectivity index (χ0n) is 16.8. The predicted molar refractivity (Wildman–Crippen MR) is 122 cm³/mol. The first kappa shape index (κ1) is 19.6. The van der Waals surface area contributed by atoms with Gasteiger partial charge in [0.15, 0.2) is 0 Å². The van der Waals surface area contributed by atoms with Crippen molar-refractivity contribution in [3.05, 3.63) is 65.1 Å². The van der Waals surface area contributed by atoms with Crippen molar-refractivity contribution in [1.82, 2.24) is 9.97 Å². The predicted octanol–water partition coefficient (Wildman–Crippen LogP) is 4.82. The fourth-order valence-electron chi connectivity index (χ4n) is 3.53. The lowest BCUT2D eigenvalue weighted by molar-refractivity contribution is -0.117. The second kappa shape index (κ2) is 8.33. The summed E-state index contributed by atoms with van der Waals surface area (Å²) in [5.41, 5.74) is 13.0. The third-order valence-electron chi connectivity index (χ3n) is 5.14. The molecule has 1 aromatic carbocycles. The zero-order chi connectivity index (χ0) is 20.4. The summed E-state index contributed by atoms with van der Waals surface area (Å²) in [6.07, 6.45) is 5.51. The highest BCUT2D eigenvalue weighted by molar-refractivity contribution is 7.98. The van der Waals surface area contributed by atoms with Crippen LogP contribution in [-0.2, 0) is 10.5 Å². The Kier molecular flexibility index (Phi) is 5.62. The monoisotopic (exact) mass is 406 g/mol. The lowest BCUT2D eigenvalue weighted by atomic mass is 9.96. The van der Waals surface area contributed by atoms with E-state index >= 15 is 0 Å². The molecule has 29 heavy (non-hydrogen) atoms. The minimum absolute atomic E-state index is 0.104. The lowest BCUT2D eigenvalue weighted by Gasteiger charge is -2.12. The summed E-state index contributed by atoms with van der Waals surface area (Å²) in [7, 11) is 0. The Morgan fingerprint density at radius 3 is 2.93 bits per heavy atom. The van der Waals surface area contributed by atoms with Gasteiger partial charge in [-0.25, -0.2) is 4.98 Å². The Morgan fingerprint density at radius 2 is 2.21 bits per heavy atom. The van der Waals surface area contributed by atoms with Crippen LogP contribution in [0.15, 0.2) is 42.7 Å². The van der Waals surface area contributed by atoms with Crippen LogP contribution < -0.4 is 11.1 Å². The number of nitrogens with zero attached hydrogens (tertiary/aromatic N) is 1. The smallest absolute Gasteiger partial charge is 0.227 e. The van der Waals surface area contributed by atoms with E-state index in [-0.39, 0.29) is 11.8 Å². The third-order valence-corrected chi connectivity index (χ3v) is 6.04. The molecular formula is C23H26N4OS. The standard InChI is InChI=1S/C23H26N4OS/c1-3-29-13-20-21(18-9-14(2)12-25-22(18)27-20)19(11-24)16-5-4-6-17(10-16)26-23(28)15-7-8-15/h4-6,9-12,15H,3,7-8,13,24H2,1-2H3,(H,25,27)(H,26,28)/b19-11-. The lowest BCUT2D eigenvalue weighted by Crippen LogP contribution is -2.13. The van der Waals surface area contributed by atoms with Crippen molar-refractivity contribution in [2.45, 2.75) is 32.4 Å². The van der Waals surface area contributed by atoms with Crippen molar-refractivity contribution in [2.24, 2.45) is 11.7 Å². The van der Waals surface area contributed by atoms with Crippen LogP contribution >= 0.6 is 11.8 Å². The topological polar surface area (TPSA) is 83.8 Å². The third kappa shape index (κ3) is 4.17. The van der Waals surface area contributed by atoms with E-state index in [1.165, 1.54) is 0 Å². The van der Waals surface area contributed by atoms with E-state index < -0.39 is 0 Å². The van der Waals surface area contributed by atoms with E-state index in [0.717, 1.165) is 69.0 Å². The molecule has 0 unspecified atom stereocenters. The number of aryl methyl sites for hydroxylation is 1. The van der Waals surface area contributed by atoms with Crippen molar-refractivity contribution in [3.8, 4) is 0 Å². The van der Waals surface area contributed by atoms with Crippen LogP contribution in [0.3, 0.4) is 0 Å². The summed E-state index contributed by atoms with van der Waals surface area (Å²) < 4.78 is 0. The van der Waals surface area contributed by atoms with E-state index in [4.69, 9.17) is 5.73 Å². The molecule has 4 rings (SSSR count). The molecule has 2 heterocycles. The van der Waals surface area contributed by atoms with Gasteiger partial charge >= 0.3 is 0 Å². The number of carbonyl (C=O) groups is 1. The summed E-state index contributed by atoms with van der Waals surface area (Å²) in [5.74, 6) is 2.17. The first-order chi connectivity index (χ1) is 14.1. The Bertz CT molecular complexity index is 1080. The number of nitrogens with two attached hydrogens (primary N) is 1. The number of nitrogens with one attached hydrogen (secondary N) is 2. The number of amides is 1. The molecule has 0 aliphatic heterocycles. The largest absolute Gasteiger partial charge is 0.404 e. The Morgan fingerprint density at radius 1 is 1.38 bits per heavy atom. The van der Waals surface area contributed by atoms with Crippen molar-refractivity contribution in [1.29, 1.82) is 0 Å². The molecule has 1 saturated carbocycles. The molecule has 0 bridgehead atoms. The maximum absolute atomic E-state index is 12.2. The molecule has 1 aliphatic carbocycles. The zero-order valence-corrected chi connectivity index (χ0v) is 17.6. The molecule has 1 amide bonds. The number of aromatic amines is 1. The molecule has 5 nitrogen and oxygen atoms in total. The number of pyridine rings is 1. The van der Waals surface area contributed by atoms with Gasteiger partial charge in [0.05, 0.1) is 0 Å². The van der Waals surface area contributed by atoms with Crippen LogP contribution in [-0.4, -0.2) is 21.6 Å². The van der Waals surface area contributed by atoms with Crippen molar-refractivity contribution in [2.75, 3.05) is 11.1 Å². The second-order valence-electron chi connectivity index (χ2n) is 7.45. The molecule has 0 atom stereocenters. The van der Waals surface area contributed by atoms with Gasteiger partial charge in [0.1, 0.15) is 5.65 Å². The number of anilines is 1. The summed E-state index contributed by atoms with van der Waals surface area (Å²) in [6, 6.07) is 10.1. The number of thioether (sulfide) groups is 1. The number of fused-ring (bicyclic) bond motifs is 1. The van der Waals surface area contributed by atoms with Gasteiger partial charge in [-0.1, -0.05) is 19.1 Å². The highest BCUT2D eigenvalue weighted by Crippen LogP contribution is 2.35. The molecule has 1 fully saturated rings. The number of benzene rings is 1. The fraction of sp³-hybridized carbons (Fsp3) is 0.304. The maximum atomic E-state index is 12.2. The minimum Gasteiger partial charge on any atom is -0.404 e. The van der Waals surface area contributed by atoms with Gasteiger partial charge in [0.25, 0.3) is 0 Å². The number of aromatic nitrogens is 2. The number of H-pyrrole nitrogens is 1. The quantitative estimate of drug-likeness (QED) is 0.525. The van der Waals surface area contributed by atoms with Crippen LogP contribution in [0.5, 0.6) is 0 Å². The molecule has 0 radical (unpaired) electrons. The van der Waals surface area contributed by atoms with Gasteiger partial charge in [0.2, 0.25) is 5.91 Å². The van der Waals surface area contributed by atoms with Crippen molar-refractivity contribution >= 4 is 40.0 Å². The van der Waals surface area contributed by atoms with Gasteiger partial charge in [-0.2, -0.15) is 11.8 Å². The normalized spacial score (nSPS) is 14.3. The van der Waals surface area contributed by atoms with Crippen LogP contribution in [0, 0.1) is 12.8 Å². The first-order valence-electron chi connectivity index (χ1n) is 9.99. The number of hydrogen-bond donors (Lipinski definition) is 3. The molecule has 0 spiro atoms. The number of hydrogen-bond acceptors (Lipinski definition) is 4. The summed E-state index contributed by atoms with van der Waals surface area (Å²) in [5, 5.41) is 4.10. The Labute approximate surface area is 175 Å².